The van der Waals surface area contributed by atoms with Crippen LogP contribution in [0, 0.1) is 5.82 Å². The molecule has 0 aliphatic heterocycles. The molecule has 0 bridgehead atoms. The molecule has 0 spiro atoms. The van der Waals surface area contributed by atoms with Crippen molar-refractivity contribution in [3.8, 4) is 0 Å². The van der Waals surface area contributed by atoms with Gasteiger partial charge in [-0.15, -0.1) is 0 Å². The number of H-pyrrole nitrogens is 2. The van der Waals surface area contributed by atoms with Crippen LogP contribution in [0.1, 0.15) is 96.4 Å². The average molecular weight is 435 g/mol. The number of hydrogen-bond acceptors (Lipinski definition) is 2. The van der Waals surface area contributed by atoms with Gasteiger partial charge in [-0.3, -0.25) is 0 Å². The third-order valence-electron chi connectivity index (χ3n) is 6.50. The van der Waals surface area contributed by atoms with Crippen molar-refractivity contribution in [3.05, 3.63) is 58.9 Å². The molecule has 4 nitrogen and oxygen atoms in total. The van der Waals surface area contributed by atoms with Gasteiger partial charge in [0.1, 0.15) is 17.5 Å². The molecule has 0 saturated heterocycles. The first-order valence-corrected chi connectivity index (χ1v) is 11.5. The Labute approximate surface area is 190 Å². The Morgan fingerprint density at radius 2 is 1.56 bits per heavy atom. The third kappa shape index (κ3) is 4.17. The molecule has 1 atom stereocenters. The van der Waals surface area contributed by atoms with E-state index in [1.807, 2.05) is 6.07 Å². The normalized spacial score (nSPS) is 14.1. The summed E-state index contributed by atoms with van der Waals surface area (Å²) in [6.45, 7) is 17.2. The van der Waals surface area contributed by atoms with Gasteiger partial charge in [-0.2, -0.15) is 0 Å². The van der Waals surface area contributed by atoms with E-state index in [1.54, 1.807) is 6.07 Å². The summed E-state index contributed by atoms with van der Waals surface area (Å²) in [5, 5.41) is 0. The van der Waals surface area contributed by atoms with Crippen LogP contribution in [-0.2, 0) is 10.8 Å². The van der Waals surface area contributed by atoms with Crippen molar-refractivity contribution < 1.29 is 4.39 Å². The van der Waals surface area contributed by atoms with E-state index in [0.717, 1.165) is 40.1 Å². The molecule has 2 aromatic heterocycles. The highest BCUT2D eigenvalue weighted by atomic mass is 19.1. The topological polar surface area (TPSA) is 57.4 Å². The maximum Gasteiger partial charge on any atom is 0.128 e. The van der Waals surface area contributed by atoms with Gasteiger partial charge in [0.2, 0.25) is 0 Å². The predicted molar refractivity (Wildman–Crippen MR) is 131 cm³/mol. The molecule has 0 aliphatic carbocycles. The summed E-state index contributed by atoms with van der Waals surface area (Å²) in [7, 11) is 0. The summed E-state index contributed by atoms with van der Waals surface area (Å²) in [6, 6.07) is 9.94. The molecule has 0 aliphatic rings. The molecule has 0 amide bonds. The summed E-state index contributed by atoms with van der Waals surface area (Å²) >= 11 is 0. The number of halogens is 1. The smallest absolute Gasteiger partial charge is 0.128 e. The molecule has 170 valence electrons. The summed E-state index contributed by atoms with van der Waals surface area (Å²) in [5.74, 6) is 1.94. The second-order valence-electron chi connectivity index (χ2n) is 11.2. The minimum Gasteiger partial charge on any atom is -0.342 e. The Balaban J connectivity index is 1.63. The lowest BCUT2D eigenvalue weighted by atomic mass is 9.80. The summed E-state index contributed by atoms with van der Waals surface area (Å²) < 4.78 is 15.0. The molecular formula is C27H35FN4. The Hall–Kier alpha value is -2.69. The molecule has 1 unspecified atom stereocenters. The van der Waals surface area contributed by atoms with Crippen molar-refractivity contribution in [1.82, 2.24) is 19.9 Å². The van der Waals surface area contributed by atoms with E-state index in [2.05, 4.69) is 88.5 Å². The maximum absolute atomic E-state index is 15.0. The molecule has 2 heterocycles. The monoisotopic (exact) mass is 434 g/mol. The van der Waals surface area contributed by atoms with Crippen LogP contribution < -0.4 is 0 Å². The standard InChI is InChI=1S/C27H35FN4/c1-15(2)24-29-22-12-18(19(28)13-23(22)30-24)16(3)14-27(7,8)25-31-20-10-9-17(26(4,5)6)11-21(20)32-25/h9-13,15-16H,14H2,1-8H3,(H,29,30)(H,31,32). The van der Waals surface area contributed by atoms with Crippen LogP contribution in [0.25, 0.3) is 22.1 Å². The van der Waals surface area contributed by atoms with Gasteiger partial charge in [0.05, 0.1) is 22.1 Å². The van der Waals surface area contributed by atoms with Crippen molar-refractivity contribution in [2.45, 2.75) is 84.5 Å². The molecule has 0 radical (unpaired) electrons. The Morgan fingerprint density at radius 3 is 2.22 bits per heavy atom. The van der Waals surface area contributed by atoms with E-state index in [9.17, 15) is 0 Å². The van der Waals surface area contributed by atoms with Crippen LogP contribution in [0.2, 0.25) is 0 Å². The predicted octanol–water partition coefficient (Wildman–Crippen LogP) is 7.47. The third-order valence-corrected chi connectivity index (χ3v) is 6.50. The maximum atomic E-state index is 15.0. The Bertz CT molecular complexity index is 1270. The van der Waals surface area contributed by atoms with Gasteiger partial charge in [-0.1, -0.05) is 61.5 Å². The highest BCUT2D eigenvalue weighted by molar-refractivity contribution is 5.77. The van der Waals surface area contributed by atoms with Crippen LogP contribution in [0.3, 0.4) is 0 Å². The number of nitrogens with one attached hydrogen (secondary N) is 2. The van der Waals surface area contributed by atoms with Gasteiger partial charge < -0.3 is 9.97 Å². The summed E-state index contributed by atoms with van der Waals surface area (Å²) in [5.41, 5.74) is 5.42. The van der Waals surface area contributed by atoms with E-state index in [4.69, 9.17) is 4.98 Å². The second-order valence-corrected chi connectivity index (χ2v) is 11.2. The van der Waals surface area contributed by atoms with E-state index in [0.29, 0.717) is 5.56 Å². The fourth-order valence-electron chi connectivity index (χ4n) is 4.48. The largest absolute Gasteiger partial charge is 0.342 e. The molecule has 0 fully saturated rings. The lowest BCUT2D eigenvalue weighted by Crippen LogP contribution is -2.22. The molecule has 2 N–H and O–H groups in total. The zero-order chi connectivity index (χ0) is 23.4. The number of hydrogen-bond donors (Lipinski definition) is 2. The zero-order valence-corrected chi connectivity index (χ0v) is 20.5. The quantitative estimate of drug-likeness (QED) is 0.342. The van der Waals surface area contributed by atoms with Crippen LogP contribution in [0.15, 0.2) is 30.3 Å². The number of aromatic nitrogens is 4. The Morgan fingerprint density at radius 1 is 0.875 bits per heavy atom. The number of rotatable bonds is 5. The van der Waals surface area contributed by atoms with Crippen LogP contribution >= 0.6 is 0 Å². The minimum atomic E-state index is -0.240. The molecule has 32 heavy (non-hydrogen) atoms. The summed E-state index contributed by atoms with van der Waals surface area (Å²) in [6.07, 6.45) is 0.767. The lowest BCUT2D eigenvalue weighted by Gasteiger charge is -2.26. The highest BCUT2D eigenvalue weighted by Gasteiger charge is 2.29. The molecule has 4 rings (SSSR count). The molecule has 2 aromatic carbocycles. The fraction of sp³-hybridized carbons (Fsp3) is 0.481. The van der Waals surface area contributed by atoms with Crippen molar-refractivity contribution in [1.29, 1.82) is 0 Å². The zero-order valence-electron chi connectivity index (χ0n) is 20.5. The number of benzene rings is 2. The first-order chi connectivity index (χ1) is 14.8. The average Bonchev–Trinajstić information content (AvgIpc) is 3.29. The van der Waals surface area contributed by atoms with Gasteiger partial charge in [0.25, 0.3) is 0 Å². The summed E-state index contributed by atoms with van der Waals surface area (Å²) in [4.78, 5) is 16.3. The number of imidazole rings is 2. The van der Waals surface area contributed by atoms with Crippen molar-refractivity contribution in [2.24, 2.45) is 0 Å². The minimum absolute atomic E-state index is 0.0203. The van der Waals surface area contributed by atoms with Crippen LogP contribution in [0.4, 0.5) is 4.39 Å². The first kappa shape index (κ1) is 22.5. The van der Waals surface area contributed by atoms with Crippen molar-refractivity contribution in [2.75, 3.05) is 0 Å². The second kappa shape index (κ2) is 7.72. The van der Waals surface area contributed by atoms with Gasteiger partial charge in [-0.25, -0.2) is 14.4 Å². The fourth-order valence-corrected chi connectivity index (χ4v) is 4.48. The Kier molecular flexibility index (Phi) is 5.43. The van der Waals surface area contributed by atoms with E-state index < -0.39 is 0 Å². The van der Waals surface area contributed by atoms with Gasteiger partial charge >= 0.3 is 0 Å². The number of aromatic amines is 2. The SMILES string of the molecule is CC(C)c1nc2cc(C(C)CC(C)(C)c3nc4cc(C(C)(C)C)ccc4[nH]3)c(F)cc2[nH]1. The van der Waals surface area contributed by atoms with Crippen LogP contribution in [-0.4, -0.2) is 19.9 Å². The van der Waals surface area contributed by atoms with Gasteiger partial charge in [0.15, 0.2) is 0 Å². The molecular weight excluding hydrogens is 399 g/mol. The lowest BCUT2D eigenvalue weighted by molar-refractivity contribution is 0.412. The van der Waals surface area contributed by atoms with Crippen LogP contribution in [0.5, 0.6) is 0 Å². The van der Waals surface area contributed by atoms with E-state index in [-0.39, 0.29) is 28.5 Å². The van der Waals surface area contributed by atoms with Crippen molar-refractivity contribution >= 4 is 22.1 Å². The molecule has 0 saturated carbocycles. The first-order valence-electron chi connectivity index (χ1n) is 11.5. The molecule has 4 aromatic rings. The van der Waals surface area contributed by atoms with Gasteiger partial charge in [0, 0.05) is 11.3 Å². The van der Waals surface area contributed by atoms with E-state index in [1.165, 1.54) is 5.56 Å². The van der Waals surface area contributed by atoms with E-state index >= 15 is 4.39 Å². The molecule has 5 heteroatoms. The number of fused-ring (bicyclic) bond motifs is 2. The highest BCUT2D eigenvalue weighted by Crippen LogP contribution is 2.36. The van der Waals surface area contributed by atoms with Crippen molar-refractivity contribution in [3.63, 3.8) is 0 Å². The number of nitrogens with zero attached hydrogens (tertiary/aromatic N) is 2. The van der Waals surface area contributed by atoms with Gasteiger partial charge in [-0.05, 0) is 53.1 Å².